The number of aryl methyl sites for hydroxylation is 2. The Kier molecular flexibility index (Phi) is 4.60. The fraction of sp³-hybridized carbons (Fsp3) is 0.444. The quantitative estimate of drug-likeness (QED) is 0.910. The summed E-state index contributed by atoms with van der Waals surface area (Å²) in [6.07, 6.45) is 3.64. The van der Waals surface area contributed by atoms with Gasteiger partial charge in [-0.15, -0.1) is 11.3 Å². The van der Waals surface area contributed by atoms with Crippen LogP contribution in [-0.4, -0.2) is 30.6 Å². The lowest BCUT2D eigenvalue weighted by atomic mass is 9.82. The third-order valence-electron chi connectivity index (χ3n) is 4.47. The van der Waals surface area contributed by atoms with Gasteiger partial charge < -0.3 is 10.0 Å². The van der Waals surface area contributed by atoms with Crippen molar-refractivity contribution in [3.05, 3.63) is 56.2 Å². The first-order chi connectivity index (χ1) is 10.5. The Hall–Kier alpha value is -0.870. The number of nitrogens with zero attached hydrogens (tertiary/aromatic N) is 1. The van der Waals surface area contributed by atoms with E-state index in [1.165, 1.54) is 10.4 Å². The summed E-state index contributed by atoms with van der Waals surface area (Å²) in [6.45, 7) is 0.970. The second-order valence-electron chi connectivity index (χ2n) is 6.33. The summed E-state index contributed by atoms with van der Waals surface area (Å²) in [5.41, 5.74) is 2.38. The predicted molar refractivity (Wildman–Crippen MR) is 94.0 cm³/mol. The molecule has 1 heterocycles. The minimum atomic E-state index is -0.915. The van der Waals surface area contributed by atoms with Gasteiger partial charge in [0.1, 0.15) is 5.60 Å². The standard InChI is InChI=1S/C18H22ClNOS/c1-20(2)10-3-9-18(21)15-8-11-22-17(15)7-5-13-4-6-14(19)12-16(13)18/h4,6,8,11-12,21H,3,5,7,9-10H2,1-2H3. The van der Waals surface area contributed by atoms with Gasteiger partial charge in [-0.3, -0.25) is 0 Å². The average molecular weight is 336 g/mol. The number of fused-ring (bicyclic) bond motifs is 2. The highest BCUT2D eigenvalue weighted by atomic mass is 35.5. The highest BCUT2D eigenvalue weighted by Gasteiger charge is 2.37. The van der Waals surface area contributed by atoms with Crippen molar-refractivity contribution in [3.8, 4) is 0 Å². The van der Waals surface area contributed by atoms with E-state index >= 15 is 0 Å². The van der Waals surface area contributed by atoms with E-state index in [9.17, 15) is 5.11 Å². The zero-order valence-corrected chi connectivity index (χ0v) is 14.7. The molecule has 1 aliphatic carbocycles. The van der Waals surface area contributed by atoms with Crippen LogP contribution in [0, 0.1) is 0 Å². The summed E-state index contributed by atoms with van der Waals surface area (Å²) in [5, 5.41) is 14.4. The molecule has 1 unspecified atom stereocenters. The minimum Gasteiger partial charge on any atom is -0.380 e. The van der Waals surface area contributed by atoms with Crippen LogP contribution < -0.4 is 0 Å². The van der Waals surface area contributed by atoms with Crippen molar-refractivity contribution in [1.82, 2.24) is 4.90 Å². The molecule has 22 heavy (non-hydrogen) atoms. The Labute approximate surface area is 141 Å². The third kappa shape index (κ3) is 2.95. The zero-order valence-electron chi connectivity index (χ0n) is 13.1. The Bertz CT molecular complexity index is 667. The molecule has 1 N–H and O–H groups in total. The lowest BCUT2D eigenvalue weighted by molar-refractivity contribution is 0.0663. The Morgan fingerprint density at radius 3 is 2.82 bits per heavy atom. The number of rotatable bonds is 4. The maximum absolute atomic E-state index is 11.6. The van der Waals surface area contributed by atoms with Gasteiger partial charge in [0.15, 0.2) is 0 Å². The molecule has 4 heteroatoms. The molecule has 0 amide bonds. The van der Waals surface area contributed by atoms with Crippen LogP contribution in [0.1, 0.15) is 34.4 Å². The van der Waals surface area contributed by atoms with Crippen molar-refractivity contribution in [2.45, 2.75) is 31.3 Å². The van der Waals surface area contributed by atoms with E-state index in [4.69, 9.17) is 11.6 Å². The molecular formula is C18H22ClNOS. The molecule has 0 spiro atoms. The molecule has 1 aromatic heterocycles. The summed E-state index contributed by atoms with van der Waals surface area (Å²) in [6, 6.07) is 8.05. The highest BCUT2D eigenvalue weighted by Crippen LogP contribution is 2.43. The molecule has 0 aliphatic heterocycles. The third-order valence-corrected chi connectivity index (χ3v) is 5.69. The van der Waals surface area contributed by atoms with E-state index < -0.39 is 5.60 Å². The maximum Gasteiger partial charge on any atom is 0.116 e. The first kappa shape index (κ1) is 16.0. The Morgan fingerprint density at radius 2 is 2.05 bits per heavy atom. The first-order valence-corrected chi connectivity index (χ1v) is 8.99. The topological polar surface area (TPSA) is 23.5 Å². The molecule has 3 rings (SSSR count). The molecule has 0 saturated heterocycles. The minimum absolute atomic E-state index is 0.698. The van der Waals surface area contributed by atoms with Gasteiger partial charge >= 0.3 is 0 Å². The fourth-order valence-corrected chi connectivity index (χ4v) is 4.49. The molecule has 1 aliphatic rings. The zero-order chi connectivity index (χ0) is 15.7. The van der Waals surface area contributed by atoms with Crippen LogP contribution in [0.2, 0.25) is 5.02 Å². The number of benzene rings is 1. The smallest absolute Gasteiger partial charge is 0.116 e. The largest absolute Gasteiger partial charge is 0.380 e. The van der Waals surface area contributed by atoms with Crippen LogP contribution >= 0.6 is 22.9 Å². The number of hydrogen-bond acceptors (Lipinski definition) is 3. The van der Waals surface area contributed by atoms with Crippen molar-refractivity contribution in [1.29, 1.82) is 0 Å². The molecule has 1 atom stereocenters. The number of halogens is 1. The van der Waals surface area contributed by atoms with Gasteiger partial charge in [-0.05, 0) is 81.0 Å². The summed E-state index contributed by atoms with van der Waals surface area (Å²) in [5.74, 6) is 0. The van der Waals surface area contributed by atoms with Crippen LogP contribution in [0.5, 0.6) is 0 Å². The molecule has 0 fully saturated rings. The van der Waals surface area contributed by atoms with Crippen LogP contribution in [0.15, 0.2) is 29.6 Å². The van der Waals surface area contributed by atoms with Crippen LogP contribution in [-0.2, 0) is 18.4 Å². The number of aliphatic hydroxyl groups is 1. The highest BCUT2D eigenvalue weighted by molar-refractivity contribution is 7.10. The predicted octanol–water partition coefficient (Wildman–Crippen LogP) is 4.08. The van der Waals surface area contributed by atoms with Crippen molar-refractivity contribution in [3.63, 3.8) is 0 Å². The Morgan fingerprint density at radius 1 is 1.23 bits per heavy atom. The molecule has 0 saturated carbocycles. The van der Waals surface area contributed by atoms with Crippen molar-refractivity contribution in [2.75, 3.05) is 20.6 Å². The van der Waals surface area contributed by atoms with E-state index in [0.29, 0.717) is 5.02 Å². The SMILES string of the molecule is CN(C)CCCC1(O)c2cc(Cl)ccc2CCc2sccc21. The second kappa shape index (κ2) is 6.32. The Balaban J connectivity index is 2.05. The lowest BCUT2D eigenvalue weighted by Crippen LogP contribution is -2.29. The fourth-order valence-electron chi connectivity index (χ4n) is 3.37. The molecule has 0 radical (unpaired) electrons. The monoisotopic (exact) mass is 335 g/mol. The average Bonchev–Trinajstić information content (AvgIpc) is 2.90. The maximum atomic E-state index is 11.6. The summed E-state index contributed by atoms with van der Waals surface area (Å²) in [4.78, 5) is 3.47. The van der Waals surface area contributed by atoms with E-state index in [1.54, 1.807) is 11.3 Å². The first-order valence-electron chi connectivity index (χ1n) is 7.73. The van der Waals surface area contributed by atoms with Crippen LogP contribution in [0.4, 0.5) is 0 Å². The van der Waals surface area contributed by atoms with Gasteiger partial charge in [0, 0.05) is 15.5 Å². The molecule has 2 aromatic rings. The van der Waals surface area contributed by atoms with Crippen molar-refractivity contribution >= 4 is 22.9 Å². The molecular weight excluding hydrogens is 314 g/mol. The van der Waals surface area contributed by atoms with Crippen molar-refractivity contribution in [2.24, 2.45) is 0 Å². The van der Waals surface area contributed by atoms with Crippen LogP contribution in [0.3, 0.4) is 0 Å². The molecule has 0 bridgehead atoms. The second-order valence-corrected chi connectivity index (χ2v) is 7.76. The van der Waals surface area contributed by atoms with Crippen LogP contribution in [0.25, 0.3) is 0 Å². The van der Waals surface area contributed by atoms with Gasteiger partial charge in [-0.1, -0.05) is 17.7 Å². The van der Waals surface area contributed by atoms with E-state index in [1.807, 2.05) is 12.1 Å². The molecule has 1 aromatic carbocycles. The van der Waals surface area contributed by atoms with Gasteiger partial charge in [0.05, 0.1) is 0 Å². The van der Waals surface area contributed by atoms with Gasteiger partial charge in [0.2, 0.25) is 0 Å². The van der Waals surface area contributed by atoms with Gasteiger partial charge in [-0.25, -0.2) is 0 Å². The summed E-state index contributed by atoms with van der Waals surface area (Å²) >= 11 is 7.98. The van der Waals surface area contributed by atoms with Gasteiger partial charge in [-0.2, -0.15) is 0 Å². The van der Waals surface area contributed by atoms with Crippen molar-refractivity contribution < 1.29 is 5.11 Å². The normalized spacial score (nSPS) is 20.6. The van der Waals surface area contributed by atoms with E-state index in [2.05, 4.69) is 36.5 Å². The summed E-state index contributed by atoms with van der Waals surface area (Å²) < 4.78 is 0. The molecule has 118 valence electrons. The van der Waals surface area contributed by atoms with E-state index in [0.717, 1.165) is 43.4 Å². The summed E-state index contributed by atoms with van der Waals surface area (Å²) in [7, 11) is 4.13. The van der Waals surface area contributed by atoms with Gasteiger partial charge in [0.25, 0.3) is 0 Å². The van der Waals surface area contributed by atoms with E-state index in [-0.39, 0.29) is 0 Å². The molecule has 2 nitrogen and oxygen atoms in total. The lowest BCUT2D eigenvalue weighted by Gasteiger charge is -2.30. The number of thiophene rings is 1. The number of hydrogen-bond donors (Lipinski definition) is 1.